The highest BCUT2D eigenvalue weighted by Crippen LogP contribution is 2.24. The highest BCUT2D eigenvalue weighted by atomic mass is 16.6. The van der Waals surface area contributed by atoms with Gasteiger partial charge < -0.3 is 26.0 Å². The van der Waals surface area contributed by atoms with Crippen molar-refractivity contribution in [2.45, 2.75) is 43.9 Å². The Morgan fingerprint density at radius 3 is 2.24 bits per heavy atom. The van der Waals surface area contributed by atoms with Crippen LogP contribution in [0.5, 0.6) is 0 Å². The molecule has 1 amide bonds. The van der Waals surface area contributed by atoms with Gasteiger partial charge in [0.1, 0.15) is 18.2 Å². The molecule has 2 atom stereocenters. The van der Waals surface area contributed by atoms with E-state index in [0.717, 1.165) is 0 Å². The van der Waals surface area contributed by atoms with Gasteiger partial charge in [-0.2, -0.15) is 0 Å². The van der Waals surface area contributed by atoms with Gasteiger partial charge >= 0.3 is 18.0 Å². The number of non-ortho nitro benzene ring substituents is 1. The molecule has 0 aromatic heterocycles. The number of carboxylic acids is 2. The maximum absolute atomic E-state index is 12.5. The number of hydrogen-bond acceptors (Lipinski definition) is 7. The largest absolute Gasteiger partial charge is 0.480 e. The summed E-state index contributed by atoms with van der Waals surface area (Å²) in [5, 5.41) is 32.3. The fraction of sp³-hybridized carbons (Fsp3) is 0.318. The lowest BCUT2D eigenvalue weighted by atomic mass is 9.85. The number of benzene rings is 2. The summed E-state index contributed by atoms with van der Waals surface area (Å²) < 4.78 is 5.17. The number of nitrogens with zero attached hydrogens (tertiary/aromatic N) is 1. The first-order chi connectivity index (χ1) is 15.6. The Bertz CT molecular complexity index is 981. The van der Waals surface area contributed by atoms with E-state index in [0.29, 0.717) is 11.1 Å². The number of carboxylic acid groups (broad SMARTS) is 2. The Morgan fingerprint density at radius 2 is 1.70 bits per heavy atom. The number of nitrogens with one attached hydrogen (secondary N) is 1. The fourth-order valence-electron chi connectivity index (χ4n) is 3.22. The van der Waals surface area contributed by atoms with Crippen LogP contribution in [0.2, 0.25) is 0 Å². The monoisotopic (exact) mass is 459 g/mol. The molecule has 176 valence electrons. The van der Waals surface area contributed by atoms with E-state index in [1.54, 1.807) is 30.3 Å². The molecule has 0 aliphatic heterocycles. The van der Waals surface area contributed by atoms with Gasteiger partial charge in [-0.1, -0.05) is 42.5 Å². The van der Waals surface area contributed by atoms with Crippen molar-refractivity contribution in [3.05, 3.63) is 75.8 Å². The number of nitro groups is 1. The molecular weight excluding hydrogens is 434 g/mol. The Hall–Kier alpha value is -3.99. The molecule has 0 radical (unpaired) electrons. The van der Waals surface area contributed by atoms with Crippen molar-refractivity contribution in [2.75, 3.05) is 0 Å². The summed E-state index contributed by atoms with van der Waals surface area (Å²) in [6.07, 6.45) is -1.23. The molecule has 0 saturated carbocycles. The molecule has 5 N–H and O–H groups in total. The summed E-state index contributed by atoms with van der Waals surface area (Å²) in [5.74, 6) is -2.58. The minimum Gasteiger partial charge on any atom is -0.480 e. The van der Waals surface area contributed by atoms with Crippen molar-refractivity contribution in [3.8, 4) is 0 Å². The summed E-state index contributed by atoms with van der Waals surface area (Å²) in [7, 11) is 0. The molecular formula is C22H25N3O8. The number of alkyl carbamates (subject to hydrolysis) is 1. The van der Waals surface area contributed by atoms with E-state index in [2.05, 4.69) is 5.32 Å². The molecule has 0 aliphatic rings. The van der Waals surface area contributed by atoms with Gasteiger partial charge in [-0.25, -0.2) is 9.59 Å². The van der Waals surface area contributed by atoms with Crippen LogP contribution in [-0.4, -0.2) is 44.7 Å². The third-order valence-corrected chi connectivity index (χ3v) is 5.05. The second-order valence-electron chi connectivity index (χ2n) is 7.51. The molecule has 2 rings (SSSR count). The minimum absolute atomic E-state index is 0.00856. The number of nitrogens with two attached hydrogens (primary N) is 1. The van der Waals surface area contributed by atoms with Crippen LogP contribution < -0.4 is 11.1 Å². The maximum atomic E-state index is 12.5. The van der Waals surface area contributed by atoms with Crippen molar-refractivity contribution in [3.63, 3.8) is 0 Å². The van der Waals surface area contributed by atoms with Gasteiger partial charge in [-0.15, -0.1) is 0 Å². The Morgan fingerprint density at radius 1 is 1.06 bits per heavy atom. The fourth-order valence-corrected chi connectivity index (χ4v) is 3.22. The second kappa shape index (κ2) is 11.6. The second-order valence-corrected chi connectivity index (χ2v) is 7.51. The summed E-state index contributed by atoms with van der Waals surface area (Å²) in [6, 6.07) is 12.9. The van der Waals surface area contributed by atoms with Crippen LogP contribution >= 0.6 is 0 Å². The van der Waals surface area contributed by atoms with Crippen molar-refractivity contribution in [1.82, 2.24) is 5.32 Å². The Balaban J connectivity index is 2.20. The van der Waals surface area contributed by atoms with E-state index in [9.17, 15) is 29.6 Å². The number of amides is 1. The third kappa shape index (κ3) is 7.58. The minimum atomic E-state index is -1.85. The van der Waals surface area contributed by atoms with Crippen molar-refractivity contribution in [2.24, 2.45) is 5.73 Å². The zero-order chi connectivity index (χ0) is 24.4. The van der Waals surface area contributed by atoms with Gasteiger partial charge in [0, 0.05) is 18.6 Å². The van der Waals surface area contributed by atoms with Crippen LogP contribution in [0.15, 0.2) is 54.6 Å². The SMILES string of the molecule is NC(CCCC(Cc1ccc([N+](=O)[O-])cc1)(NC(=O)OCc1ccccc1)C(=O)O)C(=O)O. The number of carbonyl (C=O) groups excluding carboxylic acids is 1. The number of carbonyl (C=O) groups is 3. The summed E-state index contributed by atoms with van der Waals surface area (Å²) in [5.41, 5.74) is 4.63. The zero-order valence-corrected chi connectivity index (χ0v) is 17.7. The van der Waals surface area contributed by atoms with Crippen molar-refractivity contribution in [1.29, 1.82) is 0 Å². The molecule has 2 aromatic carbocycles. The van der Waals surface area contributed by atoms with Gasteiger partial charge in [0.15, 0.2) is 0 Å². The predicted octanol–water partition coefficient (Wildman–Crippen LogP) is 2.47. The van der Waals surface area contributed by atoms with Crippen LogP contribution in [0.3, 0.4) is 0 Å². The van der Waals surface area contributed by atoms with E-state index < -0.39 is 34.5 Å². The maximum Gasteiger partial charge on any atom is 0.408 e. The van der Waals surface area contributed by atoms with E-state index in [1.807, 2.05) is 0 Å². The lowest BCUT2D eigenvalue weighted by Crippen LogP contribution is -2.56. The van der Waals surface area contributed by atoms with Crippen LogP contribution in [-0.2, 0) is 27.4 Å². The molecule has 0 fully saturated rings. The van der Waals surface area contributed by atoms with E-state index in [4.69, 9.17) is 15.6 Å². The Labute approximate surface area is 189 Å². The number of ether oxygens (including phenoxy) is 1. The number of nitro benzene ring substituents is 1. The predicted molar refractivity (Wildman–Crippen MR) is 116 cm³/mol. The van der Waals surface area contributed by atoms with E-state index >= 15 is 0 Å². The molecule has 0 aliphatic carbocycles. The smallest absolute Gasteiger partial charge is 0.408 e. The van der Waals surface area contributed by atoms with Gasteiger partial charge in [0.05, 0.1) is 4.92 Å². The van der Waals surface area contributed by atoms with Crippen LogP contribution in [0.4, 0.5) is 10.5 Å². The quantitative estimate of drug-likeness (QED) is 0.273. The summed E-state index contributed by atoms with van der Waals surface area (Å²) >= 11 is 0. The molecule has 2 unspecified atom stereocenters. The van der Waals surface area contributed by atoms with Crippen LogP contribution in [0.1, 0.15) is 30.4 Å². The number of rotatable bonds is 12. The molecule has 0 saturated heterocycles. The molecule has 11 nitrogen and oxygen atoms in total. The first-order valence-corrected chi connectivity index (χ1v) is 10.1. The molecule has 2 aromatic rings. The molecule has 33 heavy (non-hydrogen) atoms. The molecule has 0 spiro atoms. The van der Waals surface area contributed by atoms with Gasteiger partial charge in [0.25, 0.3) is 5.69 Å². The van der Waals surface area contributed by atoms with E-state index in [1.165, 1.54) is 24.3 Å². The summed E-state index contributed by atoms with van der Waals surface area (Å²) in [6.45, 7) is -0.0796. The lowest BCUT2D eigenvalue weighted by Gasteiger charge is -2.30. The highest BCUT2D eigenvalue weighted by Gasteiger charge is 2.40. The van der Waals surface area contributed by atoms with Crippen molar-refractivity contribution < 1.29 is 34.3 Å². The molecule has 0 heterocycles. The standard InChI is InChI=1S/C22H25N3O8/c23-18(19(26)27)7-4-12-22(20(28)29,13-15-8-10-17(11-9-15)25(31)32)24-21(30)33-14-16-5-2-1-3-6-16/h1-3,5-6,8-11,18H,4,7,12-14,23H2,(H,24,30)(H,26,27)(H,28,29). The number of hydrogen-bond donors (Lipinski definition) is 4. The third-order valence-electron chi connectivity index (χ3n) is 5.05. The van der Waals surface area contributed by atoms with Gasteiger partial charge in [0.2, 0.25) is 0 Å². The van der Waals surface area contributed by atoms with E-state index in [-0.39, 0.29) is 38.0 Å². The first kappa shape index (κ1) is 25.3. The highest BCUT2D eigenvalue weighted by molar-refractivity contribution is 5.84. The van der Waals surface area contributed by atoms with Gasteiger partial charge in [-0.05, 0) is 30.4 Å². The lowest BCUT2D eigenvalue weighted by molar-refractivity contribution is -0.384. The van der Waals surface area contributed by atoms with Crippen LogP contribution in [0.25, 0.3) is 0 Å². The number of aliphatic carboxylic acids is 2. The topological polar surface area (TPSA) is 182 Å². The first-order valence-electron chi connectivity index (χ1n) is 10.1. The van der Waals surface area contributed by atoms with Gasteiger partial charge in [-0.3, -0.25) is 14.9 Å². The molecule has 11 heteroatoms. The Kier molecular flexibility index (Phi) is 8.87. The average Bonchev–Trinajstić information content (AvgIpc) is 2.78. The summed E-state index contributed by atoms with van der Waals surface area (Å²) in [4.78, 5) is 46.0. The average molecular weight is 459 g/mol. The van der Waals surface area contributed by atoms with Crippen LogP contribution in [0, 0.1) is 10.1 Å². The normalized spacial score (nSPS) is 13.4. The zero-order valence-electron chi connectivity index (χ0n) is 17.7. The van der Waals surface area contributed by atoms with Crippen molar-refractivity contribution >= 4 is 23.7 Å². The molecule has 0 bridgehead atoms.